The van der Waals surface area contributed by atoms with E-state index >= 15 is 0 Å². The number of halogens is 1. The van der Waals surface area contributed by atoms with E-state index in [1.807, 2.05) is 19.1 Å². The molecule has 0 bridgehead atoms. The summed E-state index contributed by atoms with van der Waals surface area (Å²) in [5, 5.41) is 10.3. The smallest absolute Gasteiger partial charge is 0.341 e. The van der Waals surface area contributed by atoms with E-state index in [-0.39, 0.29) is 21.9 Å². The summed E-state index contributed by atoms with van der Waals surface area (Å²) in [5.41, 5.74) is 1.67. The van der Waals surface area contributed by atoms with Gasteiger partial charge >= 0.3 is 5.97 Å². The van der Waals surface area contributed by atoms with Crippen LogP contribution in [0.4, 0.5) is 5.69 Å². The number of hydrogen-bond donors (Lipinski definition) is 2. The fourth-order valence-electron chi connectivity index (χ4n) is 3.26. The van der Waals surface area contributed by atoms with Gasteiger partial charge in [0.25, 0.3) is 10.0 Å². The molecule has 0 unspecified atom stereocenters. The van der Waals surface area contributed by atoms with Crippen LogP contribution in [-0.2, 0) is 16.4 Å². The summed E-state index contributed by atoms with van der Waals surface area (Å²) in [6.07, 6.45) is 3.98. The van der Waals surface area contributed by atoms with Crippen molar-refractivity contribution in [2.75, 3.05) is 11.8 Å². The molecule has 0 fully saturated rings. The first-order valence-corrected chi connectivity index (χ1v) is 11.6. The van der Waals surface area contributed by atoms with Crippen molar-refractivity contribution in [3.05, 3.63) is 87.9 Å². The van der Waals surface area contributed by atoms with E-state index in [0.29, 0.717) is 22.6 Å². The number of aryl methyl sites for hydroxylation is 1. The molecule has 0 aliphatic rings. The quantitative estimate of drug-likeness (QED) is 0.418. The molecule has 2 N–H and O–H groups in total. The van der Waals surface area contributed by atoms with E-state index < -0.39 is 16.0 Å². The Morgan fingerprint density at radius 2 is 1.75 bits per heavy atom. The van der Waals surface area contributed by atoms with Gasteiger partial charge < -0.3 is 9.84 Å². The molecule has 0 amide bonds. The van der Waals surface area contributed by atoms with Crippen molar-refractivity contribution >= 4 is 45.4 Å². The number of anilines is 1. The average Bonchev–Trinajstić information content (AvgIpc) is 2.78. The number of carboxylic acid groups (broad SMARTS) is 1. The van der Waals surface area contributed by atoms with Crippen LogP contribution < -0.4 is 9.46 Å². The second-order valence-corrected chi connectivity index (χ2v) is 8.95. The summed E-state index contributed by atoms with van der Waals surface area (Å²) in [4.78, 5) is 11.9. The summed E-state index contributed by atoms with van der Waals surface area (Å²) < 4.78 is 34.1. The third-order valence-corrected chi connectivity index (χ3v) is 6.51. The van der Waals surface area contributed by atoms with Crippen LogP contribution in [0.15, 0.2) is 65.6 Å². The van der Waals surface area contributed by atoms with Gasteiger partial charge in [-0.2, -0.15) is 0 Å². The molecule has 0 saturated carbocycles. The van der Waals surface area contributed by atoms with Gasteiger partial charge in [0.2, 0.25) is 0 Å². The van der Waals surface area contributed by atoms with Crippen LogP contribution in [0.1, 0.15) is 34.0 Å². The zero-order valence-corrected chi connectivity index (χ0v) is 19.1. The van der Waals surface area contributed by atoms with Crippen molar-refractivity contribution in [3.8, 4) is 5.75 Å². The summed E-state index contributed by atoms with van der Waals surface area (Å²) in [6.45, 7) is 1.86. The van der Waals surface area contributed by atoms with E-state index in [9.17, 15) is 18.3 Å². The van der Waals surface area contributed by atoms with E-state index in [2.05, 4.69) is 4.72 Å². The number of benzene rings is 3. The third-order valence-electron chi connectivity index (χ3n) is 4.82. The number of carbonyl (C=O) groups is 1. The molecule has 3 rings (SSSR count). The highest BCUT2D eigenvalue weighted by atomic mass is 35.5. The van der Waals surface area contributed by atoms with Crippen LogP contribution in [-0.4, -0.2) is 26.6 Å². The number of aromatic carboxylic acids is 1. The predicted molar refractivity (Wildman–Crippen MR) is 127 cm³/mol. The number of rotatable bonds is 8. The fraction of sp³-hybridized carbons (Fsp3) is 0.125. The first-order chi connectivity index (χ1) is 15.3. The molecule has 0 radical (unpaired) electrons. The molecule has 166 valence electrons. The molecule has 32 heavy (non-hydrogen) atoms. The first-order valence-electron chi connectivity index (χ1n) is 9.75. The fourth-order valence-corrected chi connectivity index (χ4v) is 4.66. The van der Waals surface area contributed by atoms with E-state index in [1.54, 1.807) is 48.6 Å². The Morgan fingerprint density at radius 1 is 1.06 bits per heavy atom. The number of sulfonamides is 1. The molecular formula is C24H22ClNO5S. The summed E-state index contributed by atoms with van der Waals surface area (Å²) in [7, 11) is -2.74. The highest BCUT2D eigenvalue weighted by Gasteiger charge is 2.24. The van der Waals surface area contributed by atoms with Crippen LogP contribution in [0.5, 0.6) is 5.75 Å². The molecule has 0 aliphatic carbocycles. The zero-order chi connectivity index (χ0) is 23.3. The van der Waals surface area contributed by atoms with Gasteiger partial charge in [-0.15, -0.1) is 0 Å². The lowest BCUT2D eigenvalue weighted by Gasteiger charge is -2.16. The first kappa shape index (κ1) is 23.4. The van der Waals surface area contributed by atoms with Crippen LogP contribution >= 0.6 is 11.6 Å². The van der Waals surface area contributed by atoms with Gasteiger partial charge in [0.05, 0.1) is 17.7 Å². The maximum atomic E-state index is 13.2. The lowest BCUT2D eigenvalue weighted by atomic mass is 10.0. The van der Waals surface area contributed by atoms with E-state index in [0.717, 1.165) is 5.56 Å². The molecular weight excluding hydrogens is 450 g/mol. The van der Waals surface area contributed by atoms with Gasteiger partial charge in [0.1, 0.15) is 11.3 Å². The third kappa shape index (κ3) is 5.12. The van der Waals surface area contributed by atoms with Crippen molar-refractivity contribution in [1.29, 1.82) is 0 Å². The molecule has 0 aliphatic heterocycles. The molecule has 0 spiro atoms. The van der Waals surface area contributed by atoms with Gasteiger partial charge in [-0.05, 0) is 47.4 Å². The normalized spacial score (nSPS) is 11.5. The second-order valence-electron chi connectivity index (χ2n) is 6.87. The van der Waals surface area contributed by atoms with Crippen molar-refractivity contribution in [1.82, 2.24) is 0 Å². The van der Waals surface area contributed by atoms with Crippen molar-refractivity contribution in [2.45, 2.75) is 18.2 Å². The maximum Gasteiger partial charge on any atom is 0.341 e. The standard InChI is InChI=1S/C24H22ClNO5S/c1-3-17-12-15-20(22(24(27)28)23(17)31-2)26-32(29,30)21-7-5-4-6-18(21)11-8-16-9-13-19(25)14-10-16/h4-15,26H,3H2,1-2H3,(H,27,28). The second kappa shape index (κ2) is 9.89. The van der Waals surface area contributed by atoms with Crippen molar-refractivity contribution < 1.29 is 23.1 Å². The zero-order valence-electron chi connectivity index (χ0n) is 17.5. The number of nitrogens with one attached hydrogen (secondary N) is 1. The molecule has 0 atom stereocenters. The van der Waals surface area contributed by atoms with Crippen LogP contribution in [0.2, 0.25) is 5.02 Å². The van der Waals surface area contributed by atoms with Crippen molar-refractivity contribution in [2.24, 2.45) is 0 Å². The van der Waals surface area contributed by atoms with Gasteiger partial charge in [0, 0.05) is 5.02 Å². The largest absolute Gasteiger partial charge is 0.495 e. The monoisotopic (exact) mass is 471 g/mol. The molecule has 8 heteroatoms. The minimum Gasteiger partial charge on any atom is -0.495 e. The van der Waals surface area contributed by atoms with Gasteiger partial charge in [-0.1, -0.05) is 67.1 Å². The SMILES string of the molecule is CCc1ccc(NS(=O)(=O)c2ccccc2C=Cc2ccc(Cl)cc2)c(C(=O)O)c1OC. The Balaban J connectivity index is 2.02. The Morgan fingerprint density at radius 3 is 2.38 bits per heavy atom. The molecule has 3 aromatic carbocycles. The number of methoxy groups -OCH3 is 1. The number of hydrogen-bond acceptors (Lipinski definition) is 4. The topological polar surface area (TPSA) is 92.7 Å². The minimum atomic E-state index is -4.10. The lowest BCUT2D eigenvalue weighted by Crippen LogP contribution is -2.17. The summed E-state index contributed by atoms with van der Waals surface area (Å²) in [6, 6.07) is 16.7. The van der Waals surface area contributed by atoms with Crippen molar-refractivity contribution in [3.63, 3.8) is 0 Å². The van der Waals surface area contributed by atoms with Crippen LogP contribution in [0, 0.1) is 0 Å². The molecule has 6 nitrogen and oxygen atoms in total. The minimum absolute atomic E-state index is 0.0140. The number of carboxylic acids is 1. The maximum absolute atomic E-state index is 13.2. The number of ether oxygens (including phenoxy) is 1. The van der Waals surface area contributed by atoms with E-state index in [1.165, 1.54) is 19.2 Å². The highest BCUT2D eigenvalue weighted by molar-refractivity contribution is 7.92. The lowest BCUT2D eigenvalue weighted by molar-refractivity contribution is 0.0694. The Hall–Kier alpha value is -3.29. The van der Waals surface area contributed by atoms with Gasteiger partial charge in [-0.3, -0.25) is 4.72 Å². The Bertz CT molecular complexity index is 1270. The molecule has 0 heterocycles. The molecule has 3 aromatic rings. The highest BCUT2D eigenvalue weighted by Crippen LogP contribution is 2.33. The molecule has 0 aromatic heterocycles. The molecule has 0 saturated heterocycles. The van der Waals surface area contributed by atoms with Crippen LogP contribution in [0.25, 0.3) is 12.2 Å². The van der Waals surface area contributed by atoms with Gasteiger partial charge in [-0.25, -0.2) is 13.2 Å². The summed E-state index contributed by atoms with van der Waals surface area (Å²) in [5.74, 6) is -1.15. The Labute approximate surface area is 192 Å². The summed E-state index contributed by atoms with van der Waals surface area (Å²) >= 11 is 5.90. The Kier molecular flexibility index (Phi) is 7.22. The average molecular weight is 472 g/mol. The van der Waals surface area contributed by atoms with Crippen LogP contribution in [0.3, 0.4) is 0 Å². The van der Waals surface area contributed by atoms with E-state index in [4.69, 9.17) is 16.3 Å². The predicted octanol–water partition coefficient (Wildman–Crippen LogP) is 5.58. The van der Waals surface area contributed by atoms with Gasteiger partial charge in [0.15, 0.2) is 0 Å².